The second kappa shape index (κ2) is 7.00. The van der Waals surface area contributed by atoms with Crippen LogP contribution in [0.3, 0.4) is 0 Å². The molecule has 0 aliphatic carbocycles. The molecule has 1 aliphatic heterocycles. The van der Waals surface area contributed by atoms with Gasteiger partial charge in [-0.15, -0.1) is 0 Å². The van der Waals surface area contributed by atoms with E-state index in [0.717, 1.165) is 29.2 Å². The fourth-order valence-electron chi connectivity index (χ4n) is 2.88. The van der Waals surface area contributed by atoms with Crippen molar-refractivity contribution in [1.82, 2.24) is 4.90 Å². The minimum Gasteiger partial charge on any atom is -0.496 e. The fraction of sp³-hybridized carbons (Fsp3) is 0.611. The second-order valence-corrected chi connectivity index (χ2v) is 7.49. The van der Waals surface area contributed by atoms with Crippen molar-refractivity contribution in [1.29, 1.82) is 0 Å². The van der Waals surface area contributed by atoms with Crippen molar-refractivity contribution in [2.24, 2.45) is 0 Å². The van der Waals surface area contributed by atoms with Crippen LogP contribution in [0.1, 0.15) is 50.7 Å². The number of amides is 1. The zero-order chi connectivity index (χ0) is 17.2. The highest BCUT2D eigenvalue weighted by molar-refractivity contribution is 6.31. The Kier molecular flexibility index (Phi) is 5.45. The normalized spacial score (nSPS) is 16.3. The number of hydrogen-bond donors (Lipinski definition) is 0. The molecule has 23 heavy (non-hydrogen) atoms. The Morgan fingerprint density at radius 3 is 2.39 bits per heavy atom. The average Bonchev–Trinajstić information content (AvgIpc) is 2.48. The third-order valence-electron chi connectivity index (χ3n) is 4.10. The Morgan fingerprint density at radius 2 is 1.87 bits per heavy atom. The summed E-state index contributed by atoms with van der Waals surface area (Å²) >= 11 is 6.18. The van der Waals surface area contributed by atoms with Crippen LogP contribution < -0.4 is 4.74 Å². The number of rotatable bonds is 2. The maximum absolute atomic E-state index is 12.1. The first-order valence-electron chi connectivity index (χ1n) is 8.03. The summed E-state index contributed by atoms with van der Waals surface area (Å²) in [6, 6.07) is 3.99. The summed E-state index contributed by atoms with van der Waals surface area (Å²) < 4.78 is 10.9. The summed E-state index contributed by atoms with van der Waals surface area (Å²) in [6.07, 6.45) is 1.57. The second-order valence-electron chi connectivity index (χ2n) is 7.09. The highest BCUT2D eigenvalue weighted by Crippen LogP contribution is 2.37. The number of likely N-dealkylation sites (tertiary alicyclic amines) is 1. The molecule has 0 aromatic heterocycles. The standard InChI is InChI=1S/C18H26ClNO3/c1-12-10-14(16(22-5)11-15(12)19)13-6-8-20(9-7-13)17(21)23-18(2,3)4/h10-11,13H,6-9H2,1-5H3. The largest absolute Gasteiger partial charge is 0.496 e. The van der Waals surface area contributed by atoms with Crippen LogP contribution in [0.5, 0.6) is 5.75 Å². The summed E-state index contributed by atoms with van der Waals surface area (Å²) in [5.74, 6) is 1.20. The van der Waals surface area contributed by atoms with Crippen LogP contribution in [0.2, 0.25) is 5.02 Å². The van der Waals surface area contributed by atoms with E-state index in [1.807, 2.05) is 33.8 Å². The van der Waals surface area contributed by atoms with E-state index < -0.39 is 5.60 Å². The molecule has 1 amide bonds. The number of halogens is 1. The first-order valence-corrected chi connectivity index (χ1v) is 8.41. The molecule has 0 atom stereocenters. The number of carbonyl (C=O) groups excluding carboxylic acids is 1. The lowest BCUT2D eigenvalue weighted by Crippen LogP contribution is -2.41. The number of methoxy groups -OCH3 is 1. The lowest BCUT2D eigenvalue weighted by atomic mass is 9.88. The number of hydrogen-bond acceptors (Lipinski definition) is 3. The molecule has 0 N–H and O–H groups in total. The van der Waals surface area contributed by atoms with Crippen molar-refractivity contribution < 1.29 is 14.3 Å². The topological polar surface area (TPSA) is 38.8 Å². The maximum Gasteiger partial charge on any atom is 0.410 e. The van der Waals surface area contributed by atoms with Crippen LogP contribution in [0.4, 0.5) is 4.79 Å². The number of carbonyl (C=O) groups is 1. The molecule has 0 bridgehead atoms. The Bertz CT molecular complexity index is 572. The Hall–Kier alpha value is -1.42. The molecule has 5 heteroatoms. The van der Waals surface area contributed by atoms with Crippen LogP contribution in [0.25, 0.3) is 0 Å². The lowest BCUT2D eigenvalue weighted by Gasteiger charge is -2.34. The summed E-state index contributed by atoms with van der Waals surface area (Å²) in [5.41, 5.74) is 1.78. The van der Waals surface area contributed by atoms with Crippen LogP contribution in [0.15, 0.2) is 12.1 Å². The molecule has 128 valence electrons. The Balaban J connectivity index is 2.05. The van der Waals surface area contributed by atoms with Gasteiger partial charge < -0.3 is 14.4 Å². The molecule has 1 aromatic carbocycles. The summed E-state index contributed by atoms with van der Waals surface area (Å²) in [6.45, 7) is 9.06. The van der Waals surface area contributed by atoms with E-state index in [0.29, 0.717) is 19.0 Å². The molecular weight excluding hydrogens is 314 g/mol. The SMILES string of the molecule is COc1cc(Cl)c(C)cc1C1CCN(C(=O)OC(C)(C)C)CC1. The van der Waals surface area contributed by atoms with Gasteiger partial charge in [-0.3, -0.25) is 0 Å². The first kappa shape index (κ1) is 17.9. The molecule has 0 saturated carbocycles. The Labute approximate surface area is 143 Å². The molecule has 0 radical (unpaired) electrons. The highest BCUT2D eigenvalue weighted by Gasteiger charge is 2.28. The van der Waals surface area contributed by atoms with Crippen LogP contribution in [-0.4, -0.2) is 36.8 Å². The zero-order valence-electron chi connectivity index (χ0n) is 14.6. The summed E-state index contributed by atoms with van der Waals surface area (Å²) in [7, 11) is 1.67. The van der Waals surface area contributed by atoms with Gasteiger partial charge in [-0.05, 0) is 63.6 Å². The molecule has 0 unspecified atom stereocenters. The van der Waals surface area contributed by atoms with E-state index in [1.165, 1.54) is 5.56 Å². The molecule has 1 aliphatic rings. The van der Waals surface area contributed by atoms with E-state index in [1.54, 1.807) is 12.0 Å². The van der Waals surface area contributed by atoms with Gasteiger partial charge in [0.2, 0.25) is 0 Å². The van der Waals surface area contributed by atoms with Crippen LogP contribution in [0, 0.1) is 6.92 Å². The third kappa shape index (κ3) is 4.54. The monoisotopic (exact) mass is 339 g/mol. The average molecular weight is 340 g/mol. The molecule has 0 spiro atoms. The van der Waals surface area contributed by atoms with Crippen molar-refractivity contribution >= 4 is 17.7 Å². The predicted molar refractivity (Wildman–Crippen MR) is 92.5 cm³/mol. The van der Waals surface area contributed by atoms with Gasteiger partial charge in [0.1, 0.15) is 11.4 Å². The van der Waals surface area contributed by atoms with Crippen molar-refractivity contribution in [2.45, 2.75) is 52.1 Å². The molecule has 1 heterocycles. The quantitative estimate of drug-likeness (QED) is 0.779. The van der Waals surface area contributed by atoms with E-state index in [9.17, 15) is 4.79 Å². The number of aryl methyl sites for hydroxylation is 1. The molecule has 1 saturated heterocycles. The minimum atomic E-state index is -0.454. The number of nitrogens with zero attached hydrogens (tertiary/aromatic N) is 1. The van der Waals surface area contributed by atoms with Gasteiger partial charge in [0, 0.05) is 18.1 Å². The lowest BCUT2D eigenvalue weighted by molar-refractivity contribution is 0.0204. The maximum atomic E-state index is 12.1. The van der Waals surface area contributed by atoms with Gasteiger partial charge in [-0.25, -0.2) is 4.79 Å². The number of benzene rings is 1. The smallest absolute Gasteiger partial charge is 0.410 e. The van der Waals surface area contributed by atoms with E-state index in [-0.39, 0.29) is 6.09 Å². The van der Waals surface area contributed by atoms with Gasteiger partial charge in [0.05, 0.1) is 7.11 Å². The van der Waals surface area contributed by atoms with Crippen molar-refractivity contribution in [3.63, 3.8) is 0 Å². The van der Waals surface area contributed by atoms with Crippen molar-refractivity contribution in [3.8, 4) is 5.75 Å². The zero-order valence-corrected chi connectivity index (χ0v) is 15.4. The third-order valence-corrected chi connectivity index (χ3v) is 4.50. The molecule has 2 rings (SSSR count). The molecule has 4 nitrogen and oxygen atoms in total. The van der Waals surface area contributed by atoms with Gasteiger partial charge in [0.25, 0.3) is 0 Å². The van der Waals surface area contributed by atoms with Gasteiger partial charge in [-0.2, -0.15) is 0 Å². The van der Waals surface area contributed by atoms with Crippen LogP contribution >= 0.6 is 11.6 Å². The summed E-state index contributed by atoms with van der Waals surface area (Å²) in [4.78, 5) is 13.9. The minimum absolute atomic E-state index is 0.227. The molecule has 1 fully saturated rings. The molecule has 1 aromatic rings. The fourth-order valence-corrected chi connectivity index (χ4v) is 3.03. The van der Waals surface area contributed by atoms with Gasteiger partial charge in [-0.1, -0.05) is 17.7 Å². The predicted octanol–water partition coefficient (Wildman–Crippen LogP) is 4.77. The van der Waals surface area contributed by atoms with E-state index >= 15 is 0 Å². The Morgan fingerprint density at radius 1 is 1.26 bits per heavy atom. The highest BCUT2D eigenvalue weighted by atomic mass is 35.5. The number of ether oxygens (including phenoxy) is 2. The van der Waals surface area contributed by atoms with Crippen molar-refractivity contribution in [3.05, 3.63) is 28.3 Å². The summed E-state index contributed by atoms with van der Waals surface area (Å²) in [5, 5.41) is 0.719. The van der Waals surface area contributed by atoms with Crippen molar-refractivity contribution in [2.75, 3.05) is 20.2 Å². The molecular formula is C18H26ClNO3. The van der Waals surface area contributed by atoms with E-state index in [4.69, 9.17) is 21.1 Å². The van der Waals surface area contributed by atoms with E-state index in [2.05, 4.69) is 6.07 Å². The van der Waals surface area contributed by atoms with Gasteiger partial charge >= 0.3 is 6.09 Å². The van der Waals surface area contributed by atoms with Gasteiger partial charge in [0.15, 0.2) is 0 Å². The van der Waals surface area contributed by atoms with Crippen LogP contribution in [-0.2, 0) is 4.74 Å². The first-order chi connectivity index (χ1) is 10.7. The number of piperidine rings is 1.